The van der Waals surface area contributed by atoms with Crippen LogP contribution in [0.25, 0.3) is 16.7 Å². The molecule has 0 spiro atoms. The monoisotopic (exact) mass is 448 g/mol. The van der Waals surface area contributed by atoms with Gasteiger partial charge >= 0.3 is 0 Å². The lowest BCUT2D eigenvalue weighted by molar-refractivity contribution is 0.743. The first-order chi connectivity index (χ1) is 15.0. The highest BCUT2D eigenvalue weighted by molar-refractivity contribution is 7.99. The van der Waals surface area contributed by atoms with E-state index in [1.54, 1.807) is 11.8 Å². The van der Waals surface area contributed by atoms with E-state index in [4.69, 9.17) is 16.6 Å². The first-order valence-electron chi connectivity index (χ1n) is 10.1. The fraction of sp³-hybridized carbons (Fsp3) is 0.217. The van der Waals surface area contributed by atoms with Gasteiger partial charge in [0.15, 0.2) is 10.8 Å². The summed E-state index contributed by atoms with van der Waals surface area (Å²) in [5, 5.41) is 10.3. The van der Waals surface area contributed by atoms with Gasteiger partial charge in [-0.25, -0.2) is 9.97 Å². The molecule has 2 aromatic carbocycles. The molecule has 5 aromatic rings. The molecule has 1 atom stereocenters. The van der Waals surface area contributed by atoms with E-state index in [0.717, 1.165) is 45.7 Å². The fourth-order valence-electron chi connectivity index (χ4n) is 3.85. The van der Waals surface area contributed by atoms with Crippen LogP contribution in [0.1, 0.15) is 35.1 Å². The van der Waals surface area contributed by atoms with Crippen LogP contribution in [0.4, 0.5) is 0 Å². The summed E-state index contributed by atoms with van der Waals surface area (Å²) >= 11 is 7.88. The van der Waals surface area contributed by atoms with Crippen molar-refractivity contribution in [3.05, 3.63) is 82.5 Å². The SMILES string of the molecule is Cc1cc2nnc(SC(C)c3nc4cc(Cl)ccc4n3Cc3ccccc3)n2c(C)n1. The Morgan fingerprint density at radius 2 is 1.81 bits per heavy atom. The Morgan fingerprint density at radius 1 is 1.00 bits per heavy atom. The van der Waals surface area contributed by atoms with Gasteiger partial charge in [-0.05, 0) is 44.5 Å². The molecule has 0 N–H and O–H groups in total. The molecule has 1 unspecified atom stereocenters. The van der Waals surface area contributed by atoms with Gasteiger partial charge in [-0.3, -0.25) is 4.40 Å². The predicted molar refractivity (Wildman–Crippen MR) is 125 cm³/mol. The zero-order valence-corrected chi connectivity index (χ0v) is 19.0. The van der Waals surface area contributed by atoms with Crippen LogP contribution in [-0.4, -0.2) is 29.1 Å². The van der Waals surface area contributed by atoms with Gasteiger partial charge in [-0.15, -0.1) is 10.2 Å². The van der Waals surface area contributed by atoms with Crippen LogP contribution in [-0.2, 0) is 6.54 Å². The fourth-order valence-corrected chi connectivity index (χ4v) is 5.04. The van der Waals surface area contributed by atoms with Crippen molar-refractivity contribution in [2.24, 2.45) is 0 Å². The van der Waals surface area contributed by atoms with E-state index in [2.05, 4.69) is 50.9 Å². The van der Waals surface area contributed by atoms with Gasteiger partial charge < -0.3 is 4.57 Å². The summed E-state index contributed by atoms with van der Waals surface area (Å²) in [6.45, 7) is 6.82. The van der Waals surface area contributed by atoms with E-state index in [1.165, 1.54) is 5.56 Å². The van der Waals surface area contributed by atoms with Gasteiger partial charge in [0, 0.05) is 23.3 Å². The molecule has 31 heavy (non-hydrogen) atoms. The third kappa shape index (κ3) is 3.79. The molecule has 0 radical (unpaired) electrons. The van der Waals surface area contributed by atoms with Crippen LogP contribution in [0.5, 0.6) is 0 Å². The first kappa shape index (κ1) is 20.0. The lowest BCUT2D eigenvalue weighted by atomic mass is 10.2. The number of rotatable bonds is 5. The minimum Gasteiger partial charge on any atom is -0.323 e. The van der Waals surface area contributed by atoms with E-state index in [-0.39, 0.29) is 5.25 Å². The normalized spacial score (nSPS) is 12.6. The van der Waals surface area contributed by atoms with E-state index in [9.17, 15) is 0 Å². The van der Waals surface area contributed by atoms with Crippen molar-refractivity contribution in [2.75, 3.05) is 0 Å². The number of nitrogens with zero attached hydrogens (tertiary/aromatic N) is 6. The average Bonchev–Trinajstić information content (AvgIpc) is 3.30. The summed E-state index contributed by atoms with van der Waals surface area (Å²) in [5.74, 6) is 1.85. The Hall–Kier alpha value is -2.90. The number of imidazole rings is 1. The number of hydrogen-bond donors (Lipinski definition) is 0. The minimum absolute atomic E-state index is 0.0444. The first-order valence-corrected chi connectivity index (χ1v) is 11.3. The third-order valence-corrected chi connectivity index (χ3v) is 6.50. The van der Waals surface area contributed by atoms with Crippen LogP contribution >= 0.6 is 23.4 Å². The van der Waals surface area contributed by atoms with Crippen molar-refractivity contribution in [2.45, 2.75) is 37.7 Å². The summed E-state index contributed by atoms with van der Waals surface area (Å²) in [6, 6.07) is 18.2. The lowest BCUT2D eigenvalue weighted by Gasteiger charge is -2.14. The minimum atomic E-state index is 0.0444. The quantitative estimate of drug-likeness (QED) is 0.325. The molecule has 156 valence electrons. The van der Waals surface area contributed by atoms with E-state index in [0.29, 0.717) is 5.02 Å². The number of halogens is 1. The van der Waals surface area contributed by atoms with E-state index < -0.39 is 0 Å². The summed E-state index contributed by atoms with van der Waals surface area (Å²) < 4.78 is 4.26. The maximum atomic E-state index is 6.25. The highest BCUT2D eigenvalue weighted by Gasteiger charge is 2.21. The van der Waals surface area contributed by atoms with Gasteiger partial charge in [-0.2, -0.15) is 0 Å². The molecule has 0 fully saturated rings. The molecule has 3 heterocycles. The zero-order valence-electron chi connectivity index (χ0n) is 17.5. The highest BCUT2D eigenvalue weighted by atomic mass is 35.5. The number of benzene rings is 2. The van der Waals surface area contributed by atoms with Crippen molar-refractivity contribution < 1.29 is 0 Å². The molecule has 3 aromatic heterocycles. The molecule has 0 amide bonds. The molecule has 0 aliphatic heterocycles. The van der Waals surface area contributed by atoms with E-state index in [1.807, 2.05) is 48.6 Å². The maximum Gasteiger partial charge on any atom is 0.197 e. The van der Waals surface area contributed by atoms with Crippen LogP contribution in [0, 0.1) is 13.8 Å². The van der Waals surface area contributed by atoms with Crippen molar-refractivity contribution in [1.82, 2.24) is 29.1 Å². The van der Waals surface area contributed by atoms with Crippen LogP contribution in [0.3, 0.4) is 0 Å². The number of aryl methyl sites for hydroxylation is 2. The van der Waals surface area contributed by atoms with Crippen LogP contribution in [0.15, 0.2) is 59.8 Å². The largest absolute Gasteiger partial charge is 0.323 e. The number of aromatic nitrogens is 6. The van der Waals surface area contributed by atoms with E-state index >= 15 is 0 Å². The second-order valence-electron chi connectivity index (χ2n) is 7.56. The standard InChI is InChI=1S/C23H21ClN6S/c1-14-11-21-27-28-23(30(21)16(3)25-14)31-15(2)22-26-19-12-18(24)9-10-20(19)29(22)13-17-7-5-4-6-8-17/h4-12,15H,13H2,1-3H3. The topological polar surface area (TPSA) is 60.9 Å². The molecule has 5 rings (SSSR count). The summed E-state index contributed by atoms with van der Waals surface area (Å²) in [7, 11) is 0. The molecule has 8 heteroatoms. The smallest absolute Gasteiger partial charge is 0.197 e. The second-order valence-corrected chi connectivity index (χ2v) is 9.30. The third-order valence-electron chi connectivity index (χ3n) is 5.23. The molecular formula is C23H21ClN6S. The van der Waals surface area contributed by atoms with Crippen molar-refractivity contribution in [1.29, 1.82) is 0 Å². The van der Waals surface area contributed by atoms with Gasteiger partial charge in [0.1, 0.15) is 11.6 Å². The Bertz CT molecular complexity index is 1390. The van der Waals surface area contributed by atoms with Crippen molar-refractivity contribution >= 4 is 40.0 Å². The second kappa shape index (κ2) is 7.98. The van der Waals surface area contributed by atoms with Gasteiger partial charge in [0.25, 0.3) is 0 Å². The molecule has 0 saturated heterocycles. The molecule has 0 saturated carbocycles. The summed E-state index contributed by atoms with van der Waals surface area (Å²) in [6.07, 6.45) is 0. The number of hydrogen-bond acceptors (Lipinski definition) is 5. The predicted octanol–water partition coefficient (Wildman–Crippen LogP) is 5.65. The van der Waals surface area contributed by atoms with Crippen LogP contribution in [0.2, 0.25) is 5.02 Å². The van der Waals surface area contributed by atoms with Crippen LogP contribution < -0.4 is 0 Å². The molecule has 0 aliphatic rings. The summed E-state index contributed by atoms with van der Waals surface area (Å²) in [5.41, 5.74) is 4.92. The van der Waals surface area contributed by atoms with Gasteiger partial charge in [0.2, 0.25) is 0 Å². The Kier molecular flexibility index (Phi) is 5.16. The Morgan fingerprint density at radius 3 is 2.61 bits per heavy atom. The Labute approximate surface area is 189 Å². The average molecular weight is 449 g/mol. The number of fused-ring (bicyclic) bond motifs is 2. The summed E-state index contributed by atoms with van der Waals surface area (Å²) in [4.78, 5) is 9.52. The maximum absolute atomic E-state index is 6.25. The molecular weight excluding hydrogens is 428 g/mol. The molecule has 0 aliphatic carbocycles. The molecule has 6 nitrogen and oxygen atoms in total. The highest BCUT2D eigenvalue weighted by Crippen LogP contribution is 2.36. The van der Waals surface area contributed by atoms with Crippen molar-refractivity contribution in [3.8, 4) is 0 Å². The van der Waals surface area contributed by atoms with Crippen molar-refractivity contribution in [3.63, 3.8) is 0 Å². The van der Waals surface area contributed by atoms with Gasteiger partial charge in [0.05, 0.1) is 16.3 Å². The lowest BCUT2D eigenvalue weighted by Crippen LogP contribution is -2.07. The Balaban J connectivity index is 1.57. The van der Waals surface area contributed by atoms with Gasteiger partial charge in [-0.1, -0.05) is 53.7 Å². The number of thioether (sulfide) groups is 1. The zero-order chi connectivity index (χ0) is 21.5. The molecule has 0 bridgehead atoms.